The van der Waals surface area contributed by atoms with E-state index in [4.69, 9.17) is 22.1 Å². The van der Waals surface area contributed by atoms with Gasteiger partial charge in [0.1, 0.15) is 11.8 Å². The van der Waals surface area contributed by atoms with Gasteiger partial charge in [0.05, 0.1) is 0 Å². The van der Waals surface area contributed by atoms with Crippen LogP contribution < -0.4 is 10.5 Å². The lowest BCUT2D eigenvalue weighted by molar-refractivity contribution is 0.294. The molecular formula is C11H9BrClN3O. The Morgan fingerprint density at radius 1 is 1.29 bits per heavy atom. The third-order valence-corrected chi connectivity index (χ3v) is 2.65. The zero-order valence-electron chi connectivity index (χ0n) is 8.73. The third kappa shape index (κ3) is 3.57. The van der Waals surface area contributed by atoms with Gasteiger partial charge in [-0.2, -0.15) is 4.98 Å². The van der Waals surface area contributed by atoms with Crippen LogP contribution in [0.25, 0.3) is 0 Å². The van der Waals surface area contributed by atoms with Crippen molar-refractivity contribution >= 4 is 33.5 Å². The first kappa shape index (κ1) is 12.1. The Labute approximate surface area is 112 Å². The van der Waals surface area contributed by atoms with E-state index in [0.29, 0.717) is 12.5 Å². The van der Waals surface area contributed by atoms with Crippen molar-refractivity contribution in [2.75, 3.05) is 5.73 Å². The molecule has 2 aromatic rings. The van der Waals surface area contributed by atoms with Gasteiger partial charge in [-0.25, -0.2) is 4.98 Å². The number of ether oxygens (including phenoxy) is 1. The predicted molar refractivity (Wildman–Crippen MR) is 69.9 cm³/mol. The summed E-state index contributed by atoms with van der Waals surface area (Å²) in [6.45, 7) is 0.395. The molecule has 1 aromatic carbocycles. The number of hydrogen-bond donors (Lipinski definition) is 1. The van der Waals surface area contributed by atoms with Crippen LogP contribution in [0.2, 0.25) is 5.15 Å². The average molecular weight is 315 g/mol. The Morgan fingerprint density at radius 2 is 2.12 bits per heavy atom. The highest BCUT2D eigenvalue weighted by Gasteiger charge is 2.02. The zero-order chi connectivity index (χ0) is 12.3. The highest BCUT2D eigenvalue weighted by Crippen LogP contribution is 2.17. The van der Waals surface area contributed by atoms with Crippen molar-refractivity contribution in [3.8, 4) is 5.88 Å². The summed E-state index contributed by atoms with van der Waals surface area (Å²) in [5.74, 6) is 0.462. The molecule has 0 spiro atoms. The summed E-state index contributed by atoms with van der Waals surface area (Å²) in [6, 6.07) is 9.33. The summed E-state index contributed by atoms with van der Waals surface area (Å²) in [5, 5.41) is 0.266. The lowest BCUT2D eigenvalue weighted by atomic mass is 10.2. The topological polar surface area (TPSA) is 61.0 Å². The molecule has 0 radical (unpaired) electrons. The van der Waals surface area contributed by atoms with Crippen LogP contribution >= 0.6 is 27.5 Å². The molecule has 2 N–H and O–H groups in total. The van der Waals surface area contributed by atoms with Crippen molar-refractivity contribution in [3.05, 3.63) is 45.5 Å². The molecular weight excluding hydrogens is 305 g/mol. The third-order valence-electron chi connectivity index (χ3n) is 1.96. The van der Waals surface area contributed by atoms with E-state index >= 15 is 0 Å². The van der Waals surface area contributed by atoms with Crippen LogP contribution in [0, 0.1) is 0 Å². The number of anilines is 1. The van der Waals surface area contributed by atoms with Crippen molar-refractivity contribution in [2.24, 2.45) is 0 Å². The molecule has 0 amide bonds. The Bertz CT molecular complexity index is 516. The van der Waals surface area contributed by atoms with E-state index in [2.05, 4.69) is 25.9 Å². The molecule has 0 unspecified atom stereocenters. The molecule has 0 saturated heterocycles. The first-order valence-electron chi connectivity index (χ1n) is 4.81. The molecule has 0 bridgehead atoms. The summed E-state index contributed by atoms with van der Waals surface area (Å²) >= 11 is 9.13. The van der Waals surface area contributed by atoms with Crippen molar-refractivity contribution in [2.45, 2.75) is 6.61 Å². The van der Waals surface area contributed by atoms with Gasteiger partial charge in [-0.1, -0.05) is 39.7 Å². The van der Waals surface area contributed by atoms with Crippen LogP contribution in [0.5, 0.6) is 5.88 Å². The lowest BCUT2D eigenvalue weighted by Gasteiger charge is -2.06. The van der Waals surface area contributed by atoms with Crippen LogP contribution in [0.1, 0.15) is 5.56 Å². The van der Waals surface area contributed by atoms with Gasteiger partial charge < -0.3 is 10.5 Å². The first-order chi connectivity index (χ1) is 8.13. The quantitative estimate of drug-likeness (QED) is 0.885. The van der Waals surface area contributed by atoms with Gasteiger partial charge >= 0.3 is 0 Å². The molecule has 0 aliphatic carbocycles. The number of nitrogens with two attached hydrogens (primary N) is 1. The van der Waals surface area contributed by atoms with Gasteiger partial charge in [0, 0.05) is 10.5 Å². The van der Waals surface area contributed by atoms with E-state index in [1.807, 2.05) is 24.3 Å². The van der Waals surface area contributed by atoms with Crippen LogP contribution in [-0.4, -0.2) is 9.97 Å². The molecule has 0 fully saturated rings. The number of aromatic nitrogens is 2. The van der Waals surface area contributed by atoms with Gasteiger partial charge in [-0.15, -0.1) is 0 Å². The molecule has 88 valence electrons. The lowest BCUT2D eigenvalue weighted by Crippen LogP contribution is -2.01. The first-order valence-corrected chi connectivity index (χ1v) is 5.98. The van der Waals surface area contributed by atoms with Gasteiger partial charge in [0.15, 0.2) is 0 Å². The number of halogens is 2. The van der Waals surface area contributed by atoms with E-state index in [1.165, 1.54) is 6.07 Å². The normalized spacial score (nSPS) is 10.2. The van der Waals surface area contributed by atoms with E-state index in [0.717, 1.165) is 10.0 Å². The summed E-state index contributed by atoms with van der Waals surface area (Å²) < 4.78 is 6.47. The Hall–Kier alpha value is -1.33. The zero-order valence-corrected chi connectivity index (χ0v) is 11.1. The molecule has 1 aromatic heterocycles. The fraction of sp³-hybridized carbons (Fsp3) is 0.0909. The van der Waals surface area contributed by atoms with Crippen molar-refractivity contribution < 1.29 is 4.74 Å². The minimum Gasteiger partial charge on any atom is -0.473 e. The van der Waals surface area contributed by atoms with Gasteiger partial charge in [-0.3, -0.25) is 0 Å². The SMILES string of the molecule is Nc1nc(Cl)cc(OCc2cccc(Br)c2)n1. The summed E-state index contributed by atoms with van der Waals surface area (Å²) in [5.41, 5.74) is 6.48. The number of nitrogen functional groups attached to an aromatic ring is 1. The van der Waals surface area contributed by atoms with E-state index in [1.54, 1.807) is 0 Å². The van der Waals surface area contributed by atoms with Crippen molar-refractivity contribution in [1.82, 2.24) is 9.97 Å². The molecule has 4 nitrogen and oxygen atoms in total. The molecule has 0 aliphatic rings. The predicted octanol–water partition coefficient (Wildman–Crippen LogP) is 3.05. The van der Waals surface area contributed by atoms with Crippen LogP contribution in [0.4, 0.5) is 5.95 Å². The number of hydrogen-bond acceptors (Lipinski definition) is 4. The molecule has 0 saturated carbocycles. The Morgan fingerprint density at radius 3 is 2.82 bits per heavy atom. The summed E-state index contributed by atoms with van der Waals surface area (Å²) in [4.78, 5) is 7.67. The minimum atomic E-state index is 0.0988. The average Bonchev–Trinajstić information content (AvgIpc) is 2.25. The highest BCUT2D eigenvalue weighted by atomic mass is 79.9. The van der Waals surface area contributed by atoms with E-state index < -0.39 is 0 Å². The Balaban J connectivity index is 2.07. The molecule has 0 atom stereocenters. The smallest absolute Gasteiger partial charge is 0.224 e. The Kier molecular flexibility index (Phi) is 3.81. The standard InChI is InChI=1S/C11H9BrClN3O/c12-8-3-1-2-7(4-8)6-17-10-5-9(13)15-11(14)16-10/h1-5H,6H2,(H2,14,15,16). The van der Waals surface area contributed by atoms with Crippen LogP contribution in [0.15, 0.2) is 34.8 Å². The van der Waals surface area contributed by atoms with E-state index in [9.17, 15) is 0 Å². The number of nitrogens with zero attached hydrogens (tertiary/aromatic N) is 2. The fourth-order valence-corrected chi connectivity index (χ4v) is 1.90. The van der Waals surface area contributed by atoms with Crippen molar-refractivity contribution in [3.63, 3.8) is 0 Å². The fourth-order valence-electron chi connectivity index (χ4n) is 1.27. The maximum atomic E-state index is 5.74. The second-order valence-corrected chi connectivity index (χ2v) is 4.61. The molecule has 0 aliphatic heterocycles. The van der Waals surface area contributed by atoms with Gasteiger partial charge in [-0.05, 0) is 17.7 Å². The molecule has 17 heavy (non-hydrogen) atoms. The van der Waals surface area contributed by atoms with Gasteiger partial charge in [0.2, 0.25) is 11.8 Å². The summed E-state index contributed by atoms with van der Waals surface area (Å²) in [7, 11) is 0. The molecule has 2 rings (SSSR count). The van der Waals surface area contributed by atoms with Crippen LogP contribution in [-0.2, 0) is 6.61 Å². The molecule has 6 heteroatoms. The number of benzene rings is 1. The maximum Gasteiger partial charge on any atom is 0.224 e. The monoisotopic (exact) mass is 313 g/mol. The largest absolute Gasteiger partial charge is 0.473 e. The highest BCUT2D eigenvalue weighted by molar-refractivity contribution is 9.10. The summed E-state index contributed by atoms with van der Waals surface area (Å²) in [6.07, 6.45) is 0. The second kappa shape index (κ2) is 5.33. The maximum absolute atomic E-state index is 5.74. The van der Waals surface area contributed by atoms with Crippen molar-refractivity contribution in [1.29, 1.82) is 0 Å². The van der Waals surface area contributed by atoms with E-state index in [-0.39, 0.29) is 11.1 Å². The number of rotatable bonds is 3. The minimum absolute atomic E-state index is 0.0988. The molecule has 1 heterocycles. The van der Waals surface area contributed by atoms with Crippen LogP contribution in [0.3, 0.4) is 0 Å². The second-order valence-electron chi connectivity index (χ2n) is 3.31. The van der Waals surface area contributed by atoms with Gasteiger partial charge in [0.25, 0.3) is 0 Å².